The van der Waals surface area contributed by atoms with Gasteiger partial charge >= 0.3 is 5.97 Å². The molecule has 1 aliphatic rings. The molecule has 0 N–H and O–H groups in total. The molecule has 0 saturated heterocycles. The van der Waals surface area contributed by atoms with Gasteiger partial charge in [-0.3, -0.25) is 0 Å². The first-order valence-corrected chi connectivity index (χ1v) is 7.78. The van der Waals surface area contributed by atoms with Crippen LogP contribution < -0.4 is 0 Å². The van der Waals surface area contributed by atoms with Gasteiger partial charge in [-0.15, -0.1) is 0 Å². The van der Waals surface area contributed by atoms with Gasteiger partial charge in [-0.25, -0.2) is 4.79 Å². The van der Waals surface area contributed by atoms with Gasteiger partial charge in [-0.1, -0.05) is 60.9 Å². The Labute approximate surface area is 141 Å². The first-order chi connectivity index (χ1) is 10.6. The molecule has 0 radical (unpaired) electrons. The molecule has 0 amide bonds. The predicted octanol–water partition coefficient (Wildman–Crippen LogP) is 4.19. The zero-order valence-electron chi connectivity index (χ0n) is 14.0. The van der Waals surface area contributed by atoms with Crippen LogP contribution in [0.5, 0.6) is 0 Å². The number of oxime groups is 2. The highest BCUT2D eigenvalue weighted by atomic mass is 35.5. The predicted molar refractivity (Wildman–Crippen MR) is 90.8 cm³/mol. The van der Waals surface area contributed by atoms with Gasteiger partial charge in [0.2, 0.25) is 5.60 Å². The van der Waals surface area contributed by atoms with Gasteiger partial charge in [0.1, 0.15) is 0 Å². The topological polar surface area (TPSA) is 60.2 Å². The van der Waals surface area contributed by atoms with Crippen LogP contribution in [0.1, 0.15) is 46.6 Å². The van der Waals surface area contributed by atoms with Crippen LogP contribution in [-0.2, 0) is 14.5 Å². The molecule has 6 heteroatoms. The minimum Gasteiger partial charge on any atom is -0.377 e. The van der Waals surface area contributed by atoms with E-state index in [0.29, 0.717) is 22.7 Å². The molecule has 0 saturated carbocycles. The molecule has 1 aliphatic heterocycles. The van der Waals surface area contributed by atoms with Crippen LogP contribution in [0, 0.1) is 5.41 Å². The SMILES string of the molecule is C/C(=N\OC(=O)C1(C)CC(C(C)(C)C)=NO1)c1ccccc1Cl. The summed E-state index contributed by atoms with van der Waals surface area (Å²) in [6.45, 7) is 9.44. The number of carbonyl (C=O) groups is 1. The highest BCUT2D eigenvalue weighted by Gasteiger charge is 2.46. The standard InChI is InChI=1S/C17H21ClN2O3/c1-11(12-8-6-7-9-13(12)18)19-22-15(21)17(5)10-14(20-23-17)16(2,3)4/h6-9H,10H2,1-5H3/b19-11+. The lowest BCUT2D eigenvalue weighted by atomic mass is 9.84. The maximum Gasteiger partial charge on any atom is 0.381 e. The molecule has 2 rings (SSSR count). The number of hydrogen-bond donors (Lipinski definition) is 0. The minimum atomic E-state index is -1.15. The Hall–Kier alpha value is -1.88. The normalized spacial score (nSPS) is 21.7. The Balaban J connectivity index is 2.06. The third kappa shape index (κ3) is 3.91. The molecule has 1 aromatic rings. The number of hydrogen-bond acceptors (Lipinski definition) is 5. The molecule has 0 spiro atoms. The van der Waals surface area contributed by atoms with Crippen LogP contribution in [0.3, 0.4) is 0 Å². The summed E-state index contributed by atoms with van der Waals surface area (Å²) >= 11 is 6.09. The van der Waals surface area contributed by atoms with Crippen molar-refractivity contribution in [2.45, 2.75) is 46.6 Å². The van der Waals surface area contributed by atoms with Gasteiger partial charge in [-0.05, 0) is 19.9 Å². The molecule has 0 aromatic heterocycles. The number of nitrogens with zero attached hydrogens (tertiary/aromatic N) is 2. The third-order valence-corrected chi connectivity index (χ3v) is 4.02. The molecule has 0 bridgehead atoms. The van der Waals surface area contributed by atoms with E-state index in [-0.39, 0.29) is 5.41 Å². The summed E-state index contributed by atoms with van der Waals surface area (Å²) in [6.07, 6.45) is 0.385. The molecule has 0 aliphatic carbocycles. The van der Waals surface area contributed by atoms with Crippen molar-refractivity contribution in [3.63, 3.8) is 0 Å². The summed E-state index contributed by atoms with van der Waals surface area (Å²) < 4.78 is 0. The monoisotopic (exact) mass is 336 g/mol. The summed E-state index contributed by atoms with van der Waals surface area (Å²) in [6, 6.07) is 7.23. The lowest BCUT2D eigenvalue weighted by Crippen LogP contribution is -2.37. The minimum absolute atomic E-state index is 0.158. The summed E-state index contributed by atoms with van der Waals surface area (Å²) in [5.41, 5.74) is 0.749. The largest absolute Gasteiger partial charge is 0.381 e. The summed E-state index contributed by atoms with van der Waals surface area (Å²) in [4.78, 5) is 22.7. The molecule has 1 aromatic carbocycles. The van der Waals surface area contributed by atoms with Crippen LogP contribution in [0.2, 0.25) is 5.02 Å². The van der Waals surface area contributed by atoms with Crippen molar-refractivity contribution in [2.75, 3.05) is 0 Å². The second kappa shape index (κ2) is 6.32. The average Bonchev–Trinajstić information content (AvgIpc) is 2.89. The van der Waals surface area contributed by atoms with Gasteiger partial charge in [0.15, 0.2) is 0 Å². The van der Waals surface area contributed by atoms with Crippen molar-refractivity contribution in [2.24, 2.45) is 15.7 Å². The molecule has 1 atom stereocenters. The van der Waals surface area contributed by atoms with Gasteiger partial charge in [0, 0.05) is 22.4 Å². The van der Waals surface area contributed by atoms with Crippen LogP contribution in [0.15, 0.2) is 34.6 Å². The molecular weight excluding hydrogens is 316 g/mol. The van der Waals surface area contributed by atoms with E-state index in [1.165, 1.54) is 0 Å². The summed E-state index contributed by atoms with van der Waals surface area (Å²) in [5, 5.41) is 8.46. The molecule has 124 valence electrons. The number of carbonyl (C=O) groups excluding carboxylic acids is 1. The second-order valence-electron chi connectivity index (χ2n) is 6.82. The molecule has 5 nitrogen and oxygen atoms in total. The van der Waals surface area contributed by atoms with Crippen LogP contribution in [-0.4, -0.2) is 23.0 Å². The molecule has 0 fully saturated rings. The highest BCUT2D eigenvalue weighted by Crippen LogP contribution is 2.32. The van der Waals surface area contributed by atoms with Crippen molar-refractivity contribution < 1.29 is 14.5 Å². The van der Waals surface area contributed by atoms with Crippen molar-refractivity contribution in [1.29, 1.82) is 0 Å². The Morgan fingerprint density at radius 3 is 2.61 bits per heavy atom. The van der Waals surface area contributed by atoms with Gasteiger partial charge in [0.25, 0.3) is 0 Å². The van der Waals surface area contributed by atoms with Crippen LogP contribution in [0.25, 0.3) is 0 Å². The van der Waals surface area contributed by atoms with Crippen LogP contribution in [0.4, 0.5) is 0 Å². The summed E-state index contributed by atoms with van der Waals surface area (Å²) in [5.74, 6) is -0.577. The third-order valence-electron chi connectivity index (χ3n) is 3.69. The fourth-order valence-corrected chi connectivity index (χ4v) is 2.33. The van der Waals surface area contributed by atoms with Crippen molar-refractivity contribution in [1.82, 2.24) is 0 Å². The van der Waals surface area contributed by atoms with Crippen molar-refractivity contribution >= 4 is 29.0 Å². The van der Waals surface area contributed by atoms with Crippen molar-refractivity contribution in [3.8, 4) is 0 Å². The number of halogens is 1. The smallest absolute Gasteiger partial charge is 0.377 e. The maximum absolute atomic E-state index is 12.3. The highest BCUT2D eigenvalue weighted by molar-refractivity contribution is 6.34. The fraction of sp³-hybridized carbons (Fsp3) is 0.471. The van der Waals surface area contributed by atoms with Gasteiger partial charge in [0.05, 0.1) is 11.4 Å². The van der Waals surface area contributed by atoms with E-state index in [0.717, 1.165) is 5.71 Å². The van der Waals surface area contributed by atoms with E-state index in [4.69, 9.17) is 21.3 Å². The zero-order chi connectivity index (χ0) is 17.3. The van der Waals surface area contributed by atoms with E-state index in [1.807, 2.05) is 39.0 Å². The Bertz CT molecular complexity index is 677. The fourth-order valence-electron chi connectivity index (χ4n) is 2.06. The van der Waals surface area contributed by atoms with Crippen LogP contribution >= 0.6 is 11.6 Å². The Kier molecular flexibility index (Phi) is 4.80. The van der Waals surface area contributed by atoms with E-state index < -0.39 is 11.6 Å². The molecule has 1 unspecified atom stereocenters. The summed E-state index contributed by atoms with van der Waals surface area (Å²) in [7, 11) is 0. The number of benzene rings is 1. The zero-order valence-corrected chi connectivity index (χ0v) is 14.8. The lowest BCUT2D eigenvalue weighted by molar-refractivity contribution is -0.167. The molecular formula is C17H21ClN2O3. The van der Waals surface area contributed by atoms with E-state index >= 15 is 0 Å². The van der Waals surface area contributed by atoms with E-state index in [9.17, 15) is 4.79 Å². The second-order valence-corrected chi connectivity index (χ2v) is 7.23. The van der Waals surface area contributed by atoms with Crippen molar-refractivity contribution in [3.05, 3.63) is 34.9 Å². The first-order valence-electron chi connectivity index (χ1n) is 7.40. The maximum atomic E-state index is 12.3. The van der Waals surface area contributed by atoms with E-state index in [1.54, 1.807) is 19.9 Å². The Morgan fingerprint density at radius 1 is 1.39 bits per heavy atom. The Morgan fingerprint density at radius 2 is 2.04 bits per heavy atom. The quantitative estimate of drug-likeness (QED) is 0.472. The average molecular weight is 337 g/mol. The van der Waals surface area contributed by atoms with E-state index in [2.05, 4.69) is 10.3 Å². The first kappa shape index (κ1) is 17.5. The van der Waals surface area contributed by atoms with Gasteiger partial charge in [-0.2, -0.15) is 0 Å². The lowest BCUT2D eigenvalue weighted by Gasteiger charge is -2.20. The molecule has 1 heterocycles. The number of rotatable bonds is 3. The van der Waals surface area contributed by atoms with Gasteiger partial charge < -0.3 is 9.68 Å². The molecule has 23 heavy (non-hydrogen) atoms.